The fourth-order valence-electron chi connectivity index (χ4n) is 3.48. The van der Waals surface area contributed by atoms with Gasteiger partial charge in [0.25, 0.3) is 0 Å². The number of hydrogen-bond acceptors (Lipinski definition) is 5. The van der Waals surface area contributed by atoms with Crippen molar-refractivity contribution in [3.8, 4) is 22.8 Å². The summed E-state index contributed by atoms with van der Waals surface area (Å²) in [7, 11) is 1.54. The molecule has 0 saturated heterocycles. The number of halogens is 2. The molecule has 0 saturated carbocycles. The largest absolute Gasteiger partial charge is 0.481 e. The lowest BCUT2D eigenvalue weighted by atomic mass is 10.0. The number of rotatable bonds is 3. The average Bonchev–Trinajstić information content (AvgIpc) is 2.90. The lowest BCUT2D eigenvalue weighted by Crippen LogP contribution is -2.13. The third kappa shape index (κ3) is 3.43. The van der Waals surface area contributed by atoms with Crippen molar-refractivity contribution in [1.82, 2.24) is 14.8 Å². The fourth-order valence-corrected chi connectivity index (χ4v) is 3.66. The summed E-state index contributed by atoms with van der Waals surface area (Å²) in [5, 5.41) is 4.89. The van der Waals surface area contributed by atoms with E-state index in [2.05, 4.69) is 4.98 Å². The topological polar surface area (TPSA) is 75.2 Å². The number of benzene rings is 1. The smallest absolute Gasteiger partial charge is 0.215 e. The van der Waals surface area contributed by atoms with Crippen molar-refractivity contribution in [3.63, 3.8) is 0 Å². The summed E-state index contributed by atoms with van der Waals surface area (Å²) in [6, 6.07) is 8.15. The number of anilines is 1. The van der Waals surface area contributed by atoms with Crippen LogP contribution in [0.4, 0.5) is 10.2 Å². The Morgan fingerprint density at radius 3 is 2.89 bits per heavy atom. The summed E-state index contributed by atoms with van der Waals surface area (Å²) in [6.07, 6.45) is 1.42. The van der Waals surface area contributed by atoms with Gasteiger partial charge in [-0.3, -0.25) is 0 Å². The minimum absolute atomic E-state index is 0.0394. The van der Waals surface area contributed by atoms with E-state index in [1.54, 1.807) is 31.4 Å². The molecule has 1 atom stereocenters. The quantitative estimate of drug-likeness (QED) is 0.720. The van der Waals surface area contributed by atoms with Crippen molar-refractivity contribution in [3.05, 3.63) is 52.4 Å². The van der Waals surface area contributed by atoms with E-state index in [-0.39, 0.29) is 11.1 Å². The lowest BCUT2D eigenvalue weighted by Gasteiger charge is -2.11. The molecule has 0 aliphatic carbocycles. The predicted octanol–water partition coefficient (Wildman–Crippen LogP) is 3.82. The van der Waals surface area contributed by atoms with Gasteiger partial charge in [0.1, 0.15) is 11.6 Å². The number of methoxy groups -OCH3 is 1. The molecule has 28 heavy (non-hydrogen) atoms. The van der Waals surface area contributed by atoms with Crippen molar-refractivity contribution in [2.45, 2.75) is 25.9 Å². The Morgan fingerprint density at radius 1 is 1.32 bits per heavy atom. The van der Waals surface area contributed by atoms with Crippen LogP contribution in [0.25, 0.3) is 16.9 Å². The molecule has 2 aromatic heterocycles. The highest BCUT2D eigenvalue weighted by molar-refractivity contribution is 6.30. The van der Waals surface area contributed by atoms with Gasteiger partial charge in [-0.25, -0.2) is 9.07 Å². The SMILES string of the molecule is COc1cc(-c2nn(-c3ccc(F)c(Cl)c3)c3c2CCO[C@H](C)C3)cc(N)n1. The standard InChI is InChI=1S/C20H20ClFN4O2/c1-11-7-17-14(5-6-28-11)20(12-8-18(23)24-19(9-12)27-2)25-26(17)13-3-4-16(22)15(21)10-13/h3-4,8-11H,5-7H2,1-2H3,(H2,23,24)/t11-/m1/s1. The van der Waals surface area contributed by atoms with Gasteiger partial charge < -0.3 is 15.2 Å². The van der Waals surface area contributed by atoms with Crippen molar-refractivity contribution in [2.75, 3.05) is 19.5 Å². The van der Waals surface area contributed by atoms with Crippen LogP contribution in [0, 0.1) is 5.82 Å². The lowest BCUT2D eigenvalue weighted by molar-refractivity contribution is 0.0735. The maximum absolute atomic E-state index is 13.7. The molecular weight excluding hydrogens is 383 g/mol. The van der Waals surface area contributed by atoms with Crippen LogP contribution in [-0.2, 0) is 17.6 Å². The van der Waals surface area contributed by atoms with Gasteiger partial charge >= 0.3 is 0 Å². The number of nitrogens with zero attached hydrogens (tertiary/aromatic N) is 3. The van der Waals surface area contributed by atoms with Gasteiger partial charge in [-0.15, -0.1) is 0 Å². The molecule has 146 valence electrons. The first-order chi connectivity index (χ1) is 13.5. The number of aromatic nitrogens is 3. The van der Waals surface area contributed by atoms with Crippen LogP contribution < -0.4 is 10.5 Å². The Morgan fingerprint density at radius 2 is 2.14 bits per heavy atom. The molecule has 8 heteroatoms. The number of pyridine rings is 1. The summed E-state index contributed by atoms with van der Waals surface area (Å²) < 4.78 is 26.6. The van der Waals surface area contributed by atoms with E-state index in [1.165, 1.54) is 6.07 Å². The Hall–Kier alpha value is -2.64. The highest BCUT2D eigenvalue weighted by Gasteiger charge is 2.25. The van der Waals surface area contributed by atoms with Crippen molar-refractivity contribution in [1.29, 1.82) is 0 Å². The van der Waals surface area contributed by atoms with Crippen LogP contribution in [0.5, 0.6) is 5.88 Å². The predicted molar refractivity (Wildman–Crippen MR) is 106 cm³/mol. The first-order valence-corrected chi connectivity index (χ1v) is 9.33. The molecule has 0 amide bonds. The molecule has 0 spiro atoms. The summed E-state index contributed by atoms with van der Waals surface area (Å²) in [5.41, 5.74) is 10.3. The van der Waals surface area contributed by atoms with Gasteiger partial charge in [0.15, 0.2) is 0 Å². The summed E-state index contributed by atoms with van der Waals surface area (Å²) in [4.78, 5) is 4.14. The number of nitrogens with two attached hydrogens (primary N) is 1. The Bertz CT molecular complexity index is 1040. The highest BCUT2D eigenvalue weighted by Crippen LogP contribution is 2.33. The molecule has 0 radical (unpaired) electrons. The van der Waals surface area contributed by atoms with E-state index >= 15 is 0 Å². The molecule has 4 rings (SSSR count). The highest BCUT2D eigenvalue weighted by atomic mass is 35.5. The van der Waals surface area contributed by atoms with Gasteiger partial charge in [0.05, 0.1) is 41.9 Å². The van der Waals surface area contributed by atoms with Gasteiger partial charge in [-0.05, 0) is 37.6 Å². The molecule has 3 heterocycles. The Kier molecular flexibility index (Phi) is 4.95. The zero-order chi connectivity index (χ0) is 19.8. The van der Waals surface area contributed by atoms with Gasteiger partial charge in [-0.2, -0.15) is 10.1 Å². The average molecular weight is 403 g/mol. The molecule has 1 aliphatic rings. The maximum Gasteiger partial charge on any atom is 0.215 e. The molecule has 1 aliphatic heterocycles. The van der Waals surface area contributed by atoms with Gasteiger partial charge in [0, 0.05) is 23.6 Å². The van der Waals surface area contributed by atoms with E-state index in [9.17, 15) is 4.39 Å². The van der Waals surface area contributed by atoms with Crippen molar-refractivity contribution < 1.29 is 13.9 Å². The number of ether oxygens (including phenoxy) is 2. The maximum atomic E-state index is 13.7. The molecule has 0 bridgehead atoms. The summed E-state index contributed by atoms with van der Waals surface area (Å²) in [5.74, 6) is 0.300. The van der Waals surface area contributed by atoms with Crippen LogP contribution in [0.2, 0.25) is 5.02 Å². The summed E-state index contributed by atoms with van der Waals surface area (Å²) >= 11 is 6.01. The Balaban J connectivity index is 1.93. The molecular formula is C20H20ClFN4O2. The van der Waals surface area contributed by atoms with E-state index in [0.29, 0.717) is 36.8 Å². The van der Waals surface area contributed by atoms with Crippen molar-refractivity contribution >= 4 is 17.4 Å². The van der Waals surface area contributed by atoms with Gasteiger partial charge in [-0.1, -0.05) is 11.6 Å². The molecule has 0 fully saturated rings. The molecule has 1 aromatic carbocycles. The van der Waals surface area contributed by atoms with E-state index in [0.717, 1.165) is 22.5 Å². The van der Waals surface area contributed by atoms with Crippen LogP contribution in [0.15, 0.2) is 30.3 Å². The van der Waals surface area contributed by atoms with E-state index in [1.807, 2.05) is 11.6 Å². The molecule has 2 N–H and O–H groups in total. The number of nitrogen functional groups attached to an aromatic ring is 1. The summed E-state index contributed by atoms with van der Waals surface area (Å²) in [6.45, 7) is 2.62. The first-order valence-electron chi connectivity index (χ1n) is 8.96. The van der Waals surface area contributed by atoms with E-state index < -0.39 is 5.82 Å². The van der Waals surface area contributed by atoms with Crippen LogP contribution in [0.3, 0.4) is 0 Å². The zero-order valence-corrected chi connectivity index (χ0v) is 16.3. The zero-order valence-electron chi connectivity index (χ0n) is 15.6. The molecule has 3 aromatic rings. The second-order valence-corrected chi connectivity index (χ2v) is 7.15. The van der Waals surface area contributed by atoms with Gasteiger partial charge in [0.2, 0.25) is 5.88 Å². The number of hydrogen-bond donors (Lipinski definition) is 1. The van der Waals surface area contributed by atoms with Crippen LogP contribution in [0.1, 0.15) is 18.2 Å². The van der Waals surface area contributed by atoms with Crippen LogP contribution >= 0.6 is 11.6 Å². The first kappa shape index (κ1) is 18.7. The second kappa shape index (κ2) is 7.41. The second-order valence-electron chi connectivity index (χ2n) is 6.74. The van der Waals surface area contributed by atoms with E-state index in [4.69, 9.17) is 31.9 Å². The third-order valence-electron chi connectivity index (χ3n) is 4.78. The number of fused-ring (bicyclic) bond motifs is 1. The molecule has 6 nitrogen and oxygen atoms in total. The minimum atomic E-state index is -0.466. The van der Waals surface area contributed by atoms with Crippen LogP contribution in [-0.4, -0.2) is 34.6 Å². The normalized spacial score (nSPS) is 16.5. The monoisotopic (exact) mass is 402 g/mol. The fraction of sp³-hybridized carbons (Fsp3) is 0.300. The molecule has 0 unspecified atom stereocenters. The minimum Gasteiger partial charge on any atom is -0.481 e. The van der Waals surface area contributed by atoms with Crippen molar-refractivity contribution in [2.24, 2.45) is 0 Å². The third-order valence-corrected chi connectivity index (χ3v) is 5.07. The Labute approximate surface area is 167 Å².